The van der Waals surface area contributed by atoms with Crippen LogP contribution in [0.4, 0.5) is 0 Å². The molecule has 206 valence electrons. The van der Waals surface area contributed by atoms with Gasteiger partial charge in [0.25, 0.3) is 5.91 Å². The maximum Gasteiger partial charge on any atom is 0.331 e. The topological polar surface area (TPSA) is 132 Å². The lowest BCUT2D eigenvalue weighted by Crippen LogP contribution is -2.46. The largest absolute Gasteiger partial charge is 0.493 e. The average Bonchev–Trinajstić information content (AvgIpc) is 3.69. The van der Waals surface area contributed by atoms with Crippen LogP contribution >= 0.6 is 0 Å². The van der Waals surface area contributed by atoms with Gasteiger partial charge in [0.1, 0.15) is 6.10 Å². The minimum Gasteiger partial charge on any atom is -0.493 e. The van der Waals surface area contributed by atoms with Gasteiger partial charge in [-0.3, -0.25) is 9.59 Å². The van der Waals surface area contributed by atoms with E-state index in [9.17, 15) is 14.4 Å². The summed E-state index contributed by atoms with van der Waals surface area (Å²) < 4.78 is 33.4. The molecule has 1 aromatic heterocycles. The van der Waals surface area contributed by atoms with Crippen molar-refractivity contribution in [1.29, 1.82) is 0 Å². The summed E-state index contributed by atoms with van der Waals surface area (Å²) in [5.74, 6) is -1.08. The quantitative estimate of drug-likeness (QED) is 0.323. The molecule has 1 saturated carbocycles. The molecule has 0 bridgehead atoms. The van der Waals surface area contributed by atoms with Crippen LogP contribution in [0.3, 0.4) is 0 Å². The van der Waals surface area contributed by atoms with Crippen LogP contribution in [0.15, 0.2) is 12.3 Å². The minimum absolute atomic E-state index is 0.0153. The summed E-state index contributed by atoms with van der Waals surface area (Å²) in [5.41, 5.74) is -0.140. The van der Waals surface area contributed by atoms with Crippen molar-refractivity contribution in [1.82, 2.24) is 10.3 Å². The van der Waals surface area contributed by atoms with Gasteiger partial charge in [0.2, 0.25) is 6.79 Å². The first-order valence-corrected chi connectivity index (χ1v) is 12.8. The Bertz CT molecular complexity index is 921. The minimum atomic E-state index is -1.07. The molecule has 1 aliphatic heterocycles. The van der Waals surface area contributed by atoms with E-state index in [2.05, 4.69) is 17.2 Å². The highest BCUT2D eigenvalue weighted by atomic mass is 16.7. The fraction of sp³-hybridized carbons (Fsp3) is 0.692. The number of pyridine rings is 1. The van der Waals surface area contributed by atoms with E-state index in [0.717, 1.165) is 19.3 Å². The number of unbranched alkanes of at least 4 members (excludes halogenated alkanes) is 1. The normalized spacial score (nSPS) is 24.2. The number of ether oxygens (including phenoxy) is 6. The number of hydrogen-bond acceptors (Lipinski definition) is 10. The summed E-state index contributed by atoms with van der Waals surface area (Å²) in [6, 6.07) is 0.426. The van der Waals surface area contributed by atoms with Crippen LogP contribution in [0, 0.1) is 11.8 Å². The van der Waals surface area contributed by atoms with E-state index >= 15 is 0 Å². The third kappa shape index (κ3) is 8.57. The van der Waals surface area contributed by atoms with E-state index in [-0.39, 0.29) is 35.8 Å². The SMILES string of the molecule is CCCCC1C(C)OC(=O)C(NC(=O)c2nccc(OC)c2OCOC(C)=O)COCC1OCC1CC1. The van der Waals surface area contributed by atoms with Gasteiger partial charge in [-0.1, -0.05) is 19.8 Å². The average molecular weight is 523 g/mol. The molecule has 2 heterocycles. The first kappa shape index (κ1) is 28.6. The van der Waals surface area contributed by atoms with Crippen molar-refractivity contribution in [3.05, 3.63) is 18.0 Å². The second-order valence-electron chi connectivity index (χ2n) is 9.42. The lowest BCUT2D eigenvalue weighted by molar-refractivity contribution is -0.155. The van der Waals surface area contributed by atoms with Crippen molar-refractivity contribution >= 4 is 17.8 Å². The molecule has 0 spiro atoms. The molecule has 0 radical (unpaired) electrons. The van der Waals surface area contributed by atoms with Gasteiger partial charge in [-0.25, -0.2) is 9.78 Å². The van der Waals surface area contributed by atoms with Gasteiger partial charge >= 0.3 is 11.9 Å². The third-order valence-electron chi connectivity index (χ3n) is 6.44. The number of carbonyl (C=O) groups is 3. The van der Waals surface area contributed by atoms with Gasteiger partial charge in [-0.2, -0.15) is 0 Å². The van der Waals surface area contributed by atoms with Gasteiger partial charge in [0.15, 0.2) is 23.2 Å². The number of nitrogens with zero attached hydrogens (tertiary/aromatic N) is 1. The number of carbonyl (C=O) groups excluding carboxylic acids is 3. The van der Waals surface area contributed by atoms with E-state index < -0.39 is 36.8 Å². The number of rotatable bonds is 12. The standard InChI is InChI=1S/C26H38N2O9/c1-5-6-7-19-16(2)37-26(31)20(13-33-14-22(19)34-12-18-8-9-18)28-25(30)23-24(36-15-35-17(3)29)21(32-4)10-11-27-23/h10-11,16,18-20,22H,5-9,12-15H2,1-4H3,(H,28,30). The molecule has 2 fully saturated rings. The van der Waals surface area contributed by atoms with Gasteiger partial charge < -0.3 is 33.7 Å². The molecule has 1 amide bonds. The van der Waals surface area contributed by atoms with E-state index in [0.29, 0.717) is 19.1 Å². The molecule has 37 heavy (non-hydrogen) atoms. The summed E-state index contributed by atoms with van der Waals surface area (Å²) >= 11 is 0. The van der Waals surface area contributed by atoms with Crippen molar-refractivity contribution in [2.45, 2.75) is 71.1 Å². The highest BCUT2D eigenvalue weighted by Gasteiger charge is 2.36. The lowest BCUT2D eigenvalue weighted by atomic mass is 9.91. The Morgan fingerprint density at radius 2 is 2.03 bits per heavy atom. The van der Waals surface area contributed by atoms with E-state index in [1.807, 2.05) is 6.92 Å². The predicted molar refractivity (Wildman–Crippen MR) is 131 cm³/mol. The van der Waals surface area contributed by atoms with Gasteiger partial charge in [-0.15, -0.1) is 0 Å². The number of cyclic esters (lactones) is 1. The van der Waals surface area contributed by atoms with E-state index in [4.69, 9.17) is 28.4 Å². The molecule has 4 unspecified atom stereocenters. The first-order valence-electron chi connectivity index (χ1n) is 12.8. The van der Waals surface area contributed by atoms with Crippen LogP contribution < -0.4 is 14.8 Å². The molecule has 11 nitrogen and oxygen atoms in total. The van der Waals surface area contributed by atoms with Crippen molar-refractivity contribution in [2.24, 2.45) is 11.8 Å². The Hall–Kier alpha value is -2.92. The number of nitrogens with one attached hydrogen (secondary N) is 1. The van der Waals surface area contributed by atoms with E-state index in [1.54, 1.807) is 0 Å². The number of hydrogen-bond donors (Lipinski definition) is 1. The number of esters is 2. The maximum absolute atomic E-state index is 13.2. The van der Waals surface area contributed by atoms with Crippen LogP contribution in [0.1, 0.15) is 63.4 Å². The Morgan fingerprint density at radius 3 is 2.70 bits per heavy atom. The maximum atomic E-state index is 13.2. The molecule has 3 rings (SSSR count). The highest BCUT2D eigenvalue weighted by Crippen LogP contribution is 2.32. The van der Waals surface area contributed by atoms with Gasteiger partial charge in [-0.05, 0) is 32.1 Å². The zero-order chi connectivity index (χ0) is 26.8. The summed E-state index contributed by atoms with van der Waals surface area (Å²) in [5, 5.41) is 2.64. The fourth-order valence-electron chi connectivity index (χ4n) is 4.12. The Kier molecular flexibility index (Phi) is 10.9. The fourth-order valence-corrected chi connectivity index (χ4v) is 4.12. The summed E-state index contributed by atoms with van der Waals surface area (Å²) in [7, 11) is 1.40. The predicted octanol–water partition coefficient (Wildman–Crippen LogP) is 2.65. The van der Waals surface area contributed by atoms with E-state index in [1.165, 1.54) is 39.1 Å². The van der Waals surface area contributed by atoms with Crippen molar-refractivity contribution < 1.29 is 42.8 Å². The zero-order valence-corrected chi connectivity index (χ0v) is 22.0. The first-order chi connectivity index (χ1) is 17.8. The second-order valence-corrected chi connectivity index (χ2v) is 9.42. The number of amides is 1. The van der Waals surface area contributed by atoms with Crippen molar-refractivity contribution in [3.8, 4) is 11.5 Å². The zero-order valence-electron chi connectivity index (χ0n) is 22.0. The van der Waals surface area contributed by atoms with Gasteiger partial charge in [0.05, 0.1) is 26.4 Å². The molecule has 1 saturated heterocycles. The Balaban J connectivity index is 1.72. The Morgan fingerprint density at radius 1 is 1.24 bits per heavy atom. The molecule has 1 N–H and O–H groups in total. The summed E-state index contributed by atoms with van der Waals surface area (Å²) in [6.45, 7) is 5.65. The molecule has 0 aromatic carbocycles. The van der Waals surface area contributed by atoms with Crippen LogP contribution in [0.25, 0.3) is 0 Å². The van der Waals surface area contributed by atoms with Crippen molar-refractivity contribution in [2.75, 3.05) is 33.7 Å². The van der Waals surface area contributed by atoms with Crippen molar-refractivity contribution in [3.63, 3.8) is 0 Å². The van der Waals surface area contributed by atoms with Crippen LogP contribution in [0.5, 0.6) is 11.5 Å². The monoisotopic (exact) mass is 522 g/mol. The molecular formula is C26H38N2O9. The number of aromatic nitrogens is 1. The smallest absolute Gasteiger partial charge is 0.331 e. The highest BCUT2D eigenvalue weighted by molar-refractivity contribution is 5.98. The van der Waals surface area contributed by atoms with Gasteiger partial charge in [0, 0.05) is 31.7 Å². The number of methoxy groups -OCH3 is 1. The molecule has 2 aliphatic rings. The summed E-state index contributed by atoms with van der Waals surface area (Å²) in [6.07, 6.45) is 5.94. The second kappa shape index (κ2) is 14.1. The van der Waals surface area contributed by atoms with Crippen LogP contribution in [0.2, 0.25) is 0 Å². The molecular weight excluding hydrogens is 484 g/mol. The third-order valence-corrected chi connectivity index (χ3v) is 6.44. The summed E-state index contributed by atoms with van der Waals surface area (Å²) in [4.78, 5) is 41.4. The molecule has 4 atom stereocenters. The molecule has 11 heteroatoms. The van der Waals surface area contributed by atoms with Crippen LogP contribution in [-0.2, 0) is 28.5 Å². The lowest BCUT2D eigenvalue weighted by Gasteiger charge is -2.30. The van der Waals surface area contributed by atoms with Crippen LogP contribution in [-0.4, -0.2) is 74.8 Å². The molecule has 1 aromatic rings. The Labute approximate surface area is 217 Å². The molecule has 1 aliphatic carbocycles.